The molecule has 0 spiro atoms. The predicted molar refractivity (Wildman–Crippen MR) is 181 cm³/mol. The van der Waals surface area contributed by atoms with E-state index in [9.17, 15) is 18.0 Å². The average molecular weight is 667 g/mol. The number of carbonyl (C=O) groups excluding carboxylic acids is 2. The number of nitrogens with zero attached hydrogens (tertiary/aromatic N) is 2. The summed E-state index contributed by atoms with van der Waals surface area (Å²) in [4.78, 5) is 29.9. The number of rotatable bonds is 13. The van der Waals surface area contributed by atoms with Crippen molar-refractivity contribution in [2.75, 3.05) is 10.8 Å². The van der Waals surface area contributed by atoms with Crippen molar-refractivity contribution in [2.45, 2.75) is 57.1 Å². The fraction of sp³-hybridized carbons (Fsp3) is 0.257. The number of carbonyl (C=O) groups is 2. The third-order valence-electron chi connectivity index (χ3n) is 7.52. The molecule has 0 saturated heterocycles. The van der Waals surface area contributed by atoms with Crippen molar-refractivity contribution in [3.05, 3.63) is 130 Å². The van der Waals surface area contributed by atoms with E-state index in [1.807, 2.05) is 75.4 Å². The van der Waals surface area contributed by atoms with Crippen LogP contribution in [0, 0.1) is 6.92 Å². The Labute approximate surface area is 275 Å². The van der Waals surface area contributed by atoms with Crippen LogP contribution in [-0.2, 0) is 32.6 Å². The van der Waals surface area contributed by atoms with Gasteiger partial charge in [0.05, 0.1) is 20.6 Å². The number of nitrogens with one attached hydrogen (secondary N) is 1. The van der Waals surface area contributed by atoms with Crippen LogP contribution in [0.15, 0.2) is 108 Å². The molecule has 0 aliphatic carbocycles. The number of benzene rings is 4. The Balaban J connectivity index is 1.83. The van der Waals surface area contributed by atoms with E-state index in [0.717, 1.165) is 21.0 Å². The normalized spacial score (nSPS) is 12.6. The summed E-state index contributed by atoms with van der Waals surface area (Å²) in [6.07, 6.45) is 0.927. The molecule has 4 rings (SSSR count). The fourth-order valence-corrected chi connectivity index (χ4v) is 6.82. The van der Waals surface area contributed by atoms with Gasteiger partial charge in [0, 0.05) is 19.0 Å². The molecule has 0 aliphatic heterocycles. The minimum Gasteiger partial charge on any atom is -0.352 e. The summed E-state index contributed by atoms with van der Waals surface area (Å²) in [7, 11) is -4.29. The molecule has 7 nitrogen and oxygen atoms in total. The lowest BCUT2D eigenvalue weighted by Crippen LogP contribution is -2.54. The summed E-state index contributed by atoms with van der Waals surface area (Å²) >= 11 is 12.9. The second-order valence-electron chi connectivity index (χ2n) is 10.9. The Bertz CT molecular complexity index is 1720. The van der Waals surface area contributed by atoms with Crippen LogP contribution in [0.1, 0.15) is 37.0 Å². The summed E-state index contributed by atoms with van der Waals surface area (Å²) in [5.41, 5.74) is 2.70. The van der Waals surface area contributed by atoms with Gasteiger partial charge in [-0.25, -0.2) is 8.42 Å². The lowest BCUT2D eigenvalue weighted by atomic mass is 10.0. The van der Waals surface area contributed by atoms with Crippen molar-refractivity contribution in [1.29, 1.82) is 0 Å². The Morgan fingerprint density at radius 1 is 0.844 bits per heavy atom. The summed E-state index contributed by atoms with van der Waals surface area (Å²) in [5, 5.41) is 3.17. The van der Waals surface area contributed by atoms with Gasteiger partial charge in [0.2, 0.25) is 11.8 Å². The topological polar surface area (TPSA) is 86.8 Å². The van der Waals surface area contributed by atoms with Gasteiger partial charge in [0.25, 0.3) is 10.0 Å². The monoisotopic (exact) mass is 665 g/mol. The number of halogens is 2. The molecule has 0 radical (unpaired) electrons. The van der Waals surface area contributed by atoms with Gasteiger partial charge in [-0.05, 0) is 55.7 Å². The molecule has 2 amide bonds. The number of hydrogen-bond acceptors (Lipinski definition) is 4. The van der Waals surface area contributed by atoms with Crippen LogP contribution < -0.4 is 9.62 Å². The SMILES string of the molecule is CC[C@H](C)NC(=O)[C@@H](Cc1ccccc1)N(Cc1cccc(C)c1)C(=O)CN(c1cccc(Cl)c1Cl)S(=O)(=O)c1ccccc1. The predicted octanol–water partition coefficient (Wildman–Crippen LogP) is 7.05. The minimum absolute atomic E-state index is 0.00736. The summed E-state index contributed by atoms with van der Waals surface area (Å²) in [6, 6.07) is 28.5. The zero-order valence-corrected chi connectivity index (χ0v) is 27.8. The number of amides is 2. The maximum absolute atomic E-state index is 14.5. The Morgan fingerprint density at radius 2 is 1.47 bits per heavy atom. The maximum atomic E-state index is 14.5. The smallest absolute Gasteiger partial charge is 0.264 e. The zero-order chi connectivity index (χ0) is 32.6. The summed E-state index contributed by atoms with van der Waals surface area (Å²) in [5.74, 6) is -0.903. The van der Waals surface area contributed by atoms with E-state index in [1.165, 1.54) is 23.1 Å². The quantitative estimate of drug-likeness (QED) is 0.166. The van der Waals surface area contributed by atoms with Crippen LogP contribution in [0.5, 0.6) is 0 Å². The number of anilines is 1. The molecule has 4 aromatic rings. The second-order valence-corrected chi connectivity index (χ2v) is 13.6. The molecule has 0 aromatic heterocycles. The highest BCUT2D eigenvalue weighted by atomic mass is 35.5. The molecule has 236 valence electrons. The van der Waals surface area contributed by atoms with Crippen LogP contribution in [-0.4, -0.2) is 43.8 Å². The van der Waals surface area contributed by atoms with Gasteiger partial charge in [-0.1, -0.05) is 115 Å². The molecule has 0 bridgehead atoms. The minimum atomic E-state index is -4.29. The Morgan fingerprint density at radius 3 is 2.11 bits per heavy atom. The third kappa shape index (κ3) is 8.66. The third-order valence-corrected chi connectivity index (χ3v) is 10.1. The van der Waals surface area contributed by atoms with E-state index >= 15 is 0 Å². The molecule has 4 aromatic carbocycles. The largest absolute Gasteiger partial charge is 0.352 e. The van der Waals surface area contributed by atoms with E-state index in [4.69, 9.17) is 23.2 Å². The number of sulfonamides is 1. The second kappa shape index (κ2) is 15.4. The molecule has 45 heavy (non-hydrogen) atoms. The van der Waals surface area contributed by atoms with Crippen LogP contribution in [0.3, 0.4) is 0 Å². The highest BCUT2D eigenvalue weighted by molar-refractivity contribution is 7.92. The molecule has 0 aliphatic rings. The summed E-state index contributed by atoms with van der Waals surface area (Å²) < 4.78 is 29.2. The van der Waals surface area contributed by atoms with Crippen molar-refractivity contribution in [2.24, 2.45) is 0 Å². The van der Waals surface area contributed by atoms with E-state index in [0.29, 0.717) is 6.42 Å². The van der Waals surface area contributed by atoms with Gasteiger partial charge in [0.1, 0.15) is 12.6 Å². The average Bonchev–Trinajstić information content (AvgIpc) is 3.03. The van der Waals surface area contributed by atoms with Crippen LogP contribution in [0.25, 0.3) is 0 Å². The van der Waals surface area contributed by atoms with Gasteiger partial charge in [-0.2, -0.15) is 0 Å². The first-order valence-corrected chi connectivity index (χ1v) is 16.9. The van der Waals surface area contributed by atoms with E-state index in [2.05, 4.69) is 5.32 Å². The highest BCUT2D eigenvalue weighted by Crippen LogP contribution is 2.35. The van der Waals surface area contributed by atoms with Gasteiger partial charge >= 0.3 is 0 Å². The van der Waals surface area contributed by atoms with Gasteiger partial charge in [-0.15, -0.1) is 0 Å². The molecular weight excluding hydrogens is 629 g/mol. The van der Waals surface area contributed by atoms with Gasteiger partial charge in [0.15, 0.2) is 0 Å². The molecule has 2 atom stereocenters. The summed E-state index contributed by atoms with van der Waals surface area (Å²) in [6.45, 7) is 5.27. The molecule has 1 N–H and O–H groups in total. The van der Waals surface area contributed by atoms with Crippen molar-refractivity contribution < 1.29 is 18.0 Å². The van der Waals surface area contributed by atoms with Crippen molar-refractivity contribution >= 4 is 50.7 Å². The van der Waals surface area contributed by atoms with Crippen molar-refractivity contribution in [3.8, 4) is 0 Å². The number of hydrogen-bond donors (Lipinski definition) is 1. The maximum Gasteiger partial charge on any atom is 0.264 e. The highest BCUT2D eigenvalue weighted by Gasteiger charge is 2.35. The zero-order valence-electron chi connectivity index (χ0n) is 25.5. The first-order valence-electron chi connectivity index (χ1n) is 14.7. The lowest BCUT2D eigenvalue weighted by molar-refractivity contribution is -0.140. The van der Waals surface area contributed by atoms with Gasteiger partial charge in [-0.3, -0.25) is 13.9 Å². The molecule has 0 fully saturated rings. The molecule has 0 saturated carbocycles. The number of aryl methyl sites for hydroxylation is 1. The molecule has 10 heteroatoms. The Kier molecular flexibility index (Phi) is 11.7. The Hall–Kier alpha value is -3.85. The fourth-order valence-electron chi connectivity index (χ4n) is 4.92. The van der Waals surface area contributed by atoms with E-state index < -0.39 is 28.5 Å². The van der Waals surface area contributed by atoms with Crippen LogP contribution in [0.2, 0.25) is 10.0 Å². The first-order chi connectivity index (χ1) is 21.5. The molecular formula is C35H37Cl2N3O4S. The molecule has 0 unspecified atom stereocenters. The molecule has 0 heterocycles. The van der Waals surface area contributed by atoms with E-state index in [1.54, 1.807) is 30.3 Å². The van der Waals surface area contributed by atoms with Crippen molar-refractivity contribution in [3.63, 3.8) is 0 Å². The van der Waals surface area contributed by atoms with E-state index in [-0.39, 0.29) is 45.5 Å². The lowest BCUT2D eigenvalue weighted by Gasteiger charge is -2.34. The van der Waals surface area contributed by atoms with Crippen molar-refractivity contribution in [1.82, 2.24) is 10.2 Å². The van der Waals surface area contributed by atoms with Gasteiger partial charge < -0.3 is 10.2 Å². The standard InChI is InChI=1S/C35H37Cl2N3O4S/c1-4-26(3)38-35(42)32(22-27-14-7-5-8-15-27)39(23-28-16-11-13-25(2)21-28)33(41)24-40(31-20-12-19-30(36)34(31)37)45(43,44)29-17-9-6-10-18-29/h5-21,26,32H,4,22-24H2,1-3H3,(H,38,42)/t26-,32+/m0/s1. The first kappa shape index (κ1) is 34.0. The van der Waals surface area contributed by atoms with Crippen LogP contribution >= 0.6 is 23.2 Å². The van der Waals surface area contributed by atoms with Crippen LogP contribution in [0.4, 0.5) is 5.69 Å².